The average molecular weight is 705 g/mol. The molecule has 2 saturated heterocycles. The summed E-state index contributed by atoms with van der Waals surface area (Å²) in [5.41, 5.74) is 13.7. The summed E-state index contributed by atoms with van der Waals surface area (Å²) in [4.78, 5) is 60.7. The molecule has 0 spiro atoms. The average Bonchev–Trinajstić information content (AvgIpc) is 3.56. The SMILES string of the molecule is C[C@H](O/N=C(\C(=O)N[C@@H]1C(=O)N2C(C(=O)O)=C(C[n+]3cccc4c3cc(N)n4C3CCNCC3)CS[C@H]12)c1nc(N)sc1Cl)C(=O)O. The van der Waals surface area contributed by atoms with E-state index in [0.717, 1.165) is 48.3 Å². The van der Waals surface area contributed by atoms with Crippen molar-refractivity contribution in [3.63, 3.8) is 0 Å². The summed E-state index contributed by atoms with van der Waals surface area (Å²) < 4.78 is 4.06. The van der Waals surface area contributed by atoms with Gasteiger partial charge in [-0.2, -0.15) is 4.57 Å². The van der Waals surface area contributed by atoms with Gasteiger partial charge in [0.15, 0.2) is 23.6 Å². The number of halogens is 1. The number of nitrogens with one attached hydrogen (secondary N) is 2. The Morgan fingerprint density at radius 3 is 2.70 bits per heavy atom. The van der Waals surface area contributed by atoms with Crippen molar-refractivity contribution in [3.05, 3.63) is 45.7 Å². The Bertz CT molecular complexity index is 1850. The second kappa shape index (κ2) is 13.0. The number of pyridine rings is 1. The minimum Gasteiger partial charge on any atom is -0.478 e. The third-order valence-corrected chi connectivity index (χ3v) is 10.6. The summed E-state index contributed by atoms with van der Waals surface area (Å²) in [6.07, 6.45) is 2.32. The zero-order valence-corrected chi connectivity index (χ0v) is 27.3. The number of β-lactam (4-membered cyclic amide) rings is 1. The molecule has 3 atom stereocenters. The molecule has 3 aliphatic heterocycles. The first-order valence-corrected chi connectivity index (χ1v) is 16.8. The summed E-state index contributed by atoms with van der Waals surface area (Å²) in [7, 11) is 0. The maximum atomic E-state index is 13.4. The number of oxime groups is 1. The standard InChI is InChI=1S/C28H30ClN9O7S2/c1-12(26(41)42)45-35-19(18-22(29)47-28(31)34-18)23(39)33-20-24(40)38-21(27(43)44)13(11-46-25(20)38)10-36-8-2-3-15-16(36)9-17(30)37(15)14-4-6-32-7-5-14/h2-3,8-9,12,14,20,25,30,32H,4-7,10-11H2,1H3,(H5,31,33,34,39,41,42,43,44)/p+1/b35-19-/t12-,20+,25+/m0/s1. The van der Waals surface area contributed by atoms with Gasteiger partial charge in [0.25, 0.3) is 11.8 Å². The van der Waals surface area contributed by atoms with Crippen LogP contribution in [0.2, 0.25) is 4.34 Å². The lowest BCUT2D eigenvalue weighted by molar-refractivity contribution is -0.663. The smallest absolute Gasteiger partial charge is 0.352 e. The van der Waals surface area contributed by atoms with E-state index >= 15 is 0 Å². The van der Waals surface area contributed by atoms with Crippen molar-refractivity contribution in [3.8, 4) is 0 Å². The lowest BCUT2D eigenvalue weighted by Crippen LogP contribution is -2.71. The van der Waals surface area contributed by atoms with Crippen LogP contribution in [-0.2, 0) is 30.6 Å². The largest absolute Gasteiger partial charge is 0.478 e. The maximum Gasteiger partial charge on any atom is 0.352 e. The Morgan fingerprint density at radius 1 is 1.30 bits per heavy atom. The zero-order chi connectivity index (χ0) is 33.6. The molecule has 0 radical (unpaired) electrons. The van der Waals surface area contributed by atoms with Crippen molar-refractivity contribution in [2.45, 2.75) is 49.9 Å². The molecule has 8 N–H and O–H groups in total. The first-order valence-electron chi connectivity index (χ1n) is 14.6. The number of hydrogen-bond acceptors (Lipinski definition) is 12. The second-order valence-corrected chi connectivity index (χ2v) is 13.9. The number of anilines is 2. The van der Waals surface area contributed by atoms with Gasteiger partial charge >= 0.3 is 11.9 Å². The number of piperidine rings is 1. The van der Waals surface area contributed by atoms with Crippen molar-refractivity contribution in [2.75, 3.05) is 30.3 Å². The molecule has 0 aliphatic carbocycles. The number of nitrogen functional groups attached to an aromatic ring is 2. The van der Waals surface area contributed by atoms with Crippen LogP contribution >= 0.6 is 34.7 Å². The first kappa shape index (κ1) is 32.5. The van der Waals surface area contributed by atoms with E-state index < -0.39 is 47.0 Å². The van der Waals surface area contributed by atoms with Gasteiger partial charge in [-0.05, 0) is 38.9 Å². The Morgan fingerprint density at radius 2 is 2.04 bits per heavy atom. The number of aliphatic carboxylic acids is 2. The lowest BCUT2D eigenvalue weighted by Gasteiger charge is -2.49. The van der Waals surface area contributed by atoms with Gasteiger partial charge in [0.1, 0.15) is 38.5 Å². The minimum atomic E-state index is -1.41. The molecule has 0 unspecified atom stereocenters. The molecule has 248 valence electrons. The number of aromatic nitrogens is 3. The number of carbonyl (C=O) groups is 4. The fourth-order valence-electron chi connectivity index (χ4n) is 5.92. The van der Waals surface area contributed by atoms with Crippen molar-refractivity contribution < 1.29 is 38.8 Å². The number of nitrogens with two attached hydrogens (primary N) is 2. The third-order valence-electron chi connectivity index (χ3n) is 8.18. The number of nitrogens with zero attached hydrogens (tertiary/aromatic N) is 5. The van der Waals surface area contributed by atoms with Crippen LogP contribution in [0.3, 0.4) is 0 Å². The summed E-state index contributed by atoms with van der Waals surface area (Å²) in [6.45, 7) is 3.21. The van der Waals surface area contributed by atoms with Gasteiger partial charge in [0.2, 0.25) is 11.6 Å². The molecule has 6 rings (SSSR count). The predicted octanol–water partition coefficient (Wildman–Crippen LogP) is 0.760. The molecular weight excluding hydrogens is 674 g/mol. The highest BCUT2D eigenvalue weighted by atomic mass is 35.5. The highest BCUT2D eigenvalue weighted by Crippen LogP contribution is 2.41. The van der Waals surface area contributed by atoms with Crippen LogP contribution in [0.5, 0.6) is 0 Å². The Hall–Kier alpha value is -4.39. The van der Waals surface area contributed by atoms with Gasteiger partial charge < -0.3 is 41.7 Å². The fraction of sp³-hybridized carbons (Fsp3) is 0.393. The van der Waals surface area contributed by atoms with E-state index in [2.05, 4.69) is 25.3 Å². The van der Waals surface area contributed by atoms with Crippen molar-refractivity contribution in [1.29, 1.82) is 0 Å². The number of hydrogen-bond donors (Lipinski definition) is 6. The molecule has 19 heteroatoms. The molecule has 3 aromatic heterocycles. The van der Waals surface area contributed by atoms with Gasteiger partial charge in [-0.1, -0.05) is 28.1 Å². The van der Waals surface area contributed by atoms with Crippen LogP contribution in [-0.4, -0.2) is 90.5 Å². The van der Waals surface area contributed by atoms with Crippen molar-refractivity contribution in [2.24, 2.45) is 5.16 Å². The molecule has 0 saturated carbocycles. The quantitative estimate of drug-likeness (QED) is 0.0744. The number of carboxylic acid groups (broad SMARTS) is 2. The number of rotatable bonds is 10. The molecular formula is C28H31ClN9O7S2+. The molecule has 47 heavy (non-hydrogen) atoms. The Balaban J connectivity index is 1.24. The predicted molar refractivity (Wildman–Crippen MR) is 174 cm³/mol. The normalized spacial score (nSPS) is 20.9. The summed E-state index contributed by atoms with van der Waals surface area (Å²) in [6, 6.07) is 4.90. The number of carboxylic acids is 2. The molecule has 2 fully saturated rings. The monoisotopic (exact) mass is 704 g/mol. The highest BCUT2D eigenvalue weighted by Gasteiger charge is 2.55. The fourth-order valence-corrected chi connectivity index (χ4v) is 8.19. The first-order chi connectivity index (χ1) is 22.5. The van der Waals surface area contributed by atoms with E-state index in [4.69, 9.17) is 33.0 Å². The van der Waals surface area contributed by atoms with E-state index in [1.165, 1.54) is 23.6 Å². The topological polar surface area (TPSA) is 231 Å². The lowest BCUT2D eigenvalue weighted by atomic mass is 10.0. The van der Waals surface area contributed by atoms with E-state index in [1.54, 1.807) is 0 Å². The Kier molecular flexibility index (Phi) is 9.01. The van der Waals surface area contributed by atoms with Crippen LogP contribution in [0.15, 0.2) is 40.8 Å². The van der Waals surface area contributed by atoms with E-state index in [1.807, 2.05) is 29.0 Å². The van der Waals surface area contributed by atoms with Crippen LogP contribution in [0.1, 0.15) is 31.5 Å². The van der Waals surface area contributed by atoms with Gasteiger partial charge in [0.05, 0.1) is 6.07 Å². The van der Waals surface area contributed by atoms with Crippen LogP contribution < -0.4 is 26.7 Å². The minimum absolute atomic E-state index is 0.00214. The number of thioether (sulfide) groups is 1. The van der Waals surface area contributed by atoms with Crippen molar-refractivity contribution in [1.82, 2.24) is 25.1 Å². The third kappa shape index (κ3) is 6.08. The van der Waals surface area contributed by atoms with Gasteiger partial charge in [-0.3, -0.25) is 14.5 Å². The van der Waals surface area contributed by atoms with E-state index in [9.17, 15) is 24.3 Å². The number of amides is 2. The number of thiazole rings is 1. The molecule has 3 aromatic rings. The highest BCUT2D eigenvalue weighted by molar-refractivity contribution is 8.00. The van der Waals surface area contributed by atoms with E-state index in [-0.39, 0.29) is 39.2 Å². The molecule has 16 nitrogen and oxygen atoms in total. The second-order valence-electron chi connectivity index (χ2n) is 11.1. The van der Waals surface area contributed by atoms with Crippen LogP contribution in [0, 0.1) is 0 Å². The summed E-state index contributed by atoms with van der Waals surface area (Å²) in [5.74, 6) is -3.28. The van der Waals surface area contributed by atoms with Crippen molar-refractivity contribution >= 4 is 86.1 Å². The number of carbonyl (C=O) groups excluding carboxylic acids is 2. The van der Waals surface area contributed by atoms with Gasteiger partial charge in [-0.25, -0.2) is 14.6 Å². The number of fused-ring (bicyclic) bond motifs is 2. The van der Waals surface area contributed by atoms with Gasteiger partial charge in [0, 0.05) is 23.4 Å². The van der Waals surface area contributed by atoms with E-state index in [0.29, 0.717) is 11.4 Å². The van der Waals surface area contributed by atoms with Crippen LogP contribution in [0.25, 0.3) is 11.0 Å². The summed E-state index contributed by atoms with van der Waals surface area (Å²) >= 11 is 8.35. The van der Waals surface area contributed by atoms with Gasteiger partial charge in [-0.15, -0.1) is 11.8 Å². The summed E-state index contributed by atoms with van der Waals surface area (Å²) in [5, 5.41) is 28.3. The van der Waals surface area contributed by atoms with Crippen LogP contribution in [0.4, 0.5) is 10.9 Å². The maximum absolute atomic E-state index is 13.4. The molecule has 0 aromatic carbocycles. The molecule has 6 heterocycles. The molecule has 0 bridgehead atoms. The molecule has 3 aliphatic rings. The zero-order valence-electron chi connectivity index (χ0n) is 24.9. The molecule has 2 amide bonds. The Labute approximate surface area is 280 Å².